The quantitative estimate of drug-likeness (QED) is 0.480. The van der Waals surface area contributed by atoms with Crippen LogP contribution < -0.4 is 0 Å². The first kappa shape index (κ1) is 18.9. The molecule has 1 aliphatic rings. The minimum absolute atomic E-state index is 0.276. The Morgan fingerprint density at radius 2 is 1.39 bits per heavy atom. The number of esters is 1. The highest BCUT2D eigenvalue weighted by Crippen LogP contribution is 2.64. The molecule has 28 heavy (non-hydrogen) atoms. The van der Waals surface area contributed by atoms with Gasteiger partial charge in [-0.25, -0.2) is 4.79 Å². The lowest BCUT2D eigenvalue weighted by Gasteiger charge is -2.29. The Hall–Kier alpha value is -2.43. The lowest BCUT2D eigenvalue weighted by atomic mass is 10.0. The maximum absolute atomic E-state index is 12.7. The van der Waals surface area contributed by atoms with E-state index in [1.165, 1.54) is 18.2 Å². The van der Waals surface area contributed by atoms with Crippen molar-refractivity contribution in [1.82, 2.24) is 0 Å². The smallest absolute Gasteiger partial charge is 0.345 e. The molecule has 0 bridgehead atoms. The summed E-state index contributed by atoms with van der Waals surface area (Å²) in [6, 6.07) is 31.0. The molecule has 140 valence electrons. The van der Waals surface area contributed by atoms with E-state index in [-0.39, 0.29) is 10.0 Å². The number of hydrogen-bond donors (Lipinski definition) is 0. The van der Waals surface area contributed by atoms with Crippen LogP contribution in [0.3, 0.4) is 0 Å². The zero-order valence-corrected chi connectivity index (χ0v) is 17.1. The maximum Gasteiger partial charge on any atom is 0.345 e. The lowest BCUT2D eigenvalue weighted by molar-refractivity contribution is -0.135. The average Bonchev–Trinajstić information content (AvgIpc) is 3.16. The summed E-state index contributed by atoms with van der Waals surface area (Å²) in [5.74, 6) is -0.276. The van der Waals surface area contributed by atoms with Crippen molar-refractivity contribution < 1.29 is 9.53 Å². The molecular formula is C24H20O2S2. The Morgan fingerprint density at radius 3 is 2.00 bits per heavy atom. The number of ether oxygens (including phenoxy) is 1. The van der Waals surface area contributed by atoms with Gasteiger partial charge in [0, 0.05) is 11.3 Å². The van der Waals surface area contributed by atoms with Gasteiger partial charge in [-0.2, -0.15) is 0 Å². The second kappa shape index (κ2) is 8.29. The van der Waals surface area contributed by atoms with Crippen molar-refractivity contribution in [2.24, 2.45) is 0 Å². The van der Waals surface area contributed by atoms with E-state index in [1.807, 2.05) is 30.3 Å². The first-order valence-electron chi connectivity index (χ1n) is 9.07. The van der Waals surface area contributed by atoms with Gasteiger partial charge in [0.15, 0.2) is 0 Å². The Morgan fingerprint density at radius 1 is 0.821 bits per heavy atom. The van der Waals surface area contributed by atoms with Crippen molar-refractivity contribution in [1.29, 1.82) is 0 Å². The number of hydrogen-bond acceptors (Lipinski definition) is 4. The second-order valence-electron chi connectivity index (χ2n) is 6.50. The van der Waals surface area contributed by atoms with E-state index in [0.29, 0.717) is 4.91 Å². The lowest BCUT2D eigenvalue weighted by Crippen LogP contribution is -2.19. The molecule has 1 atom stereocenters. The molecule has 1 unspecified atom stereocenters. The third-order valence-corrected chi connectivity index (χ3v) is 7.91. The Balaban J connectivity index is 1.81. The van der Waals surface area contributed by atoms with Gasteiger partial charge in [0.1, 0.15) is 4.91 Å². The summed E-state index contributed by atoms with van der Waals surface area (Å²) in [7, 11) is 1.45. The highest BCUT2D eigenvalue weighted by Gasteiger charge is 2.45. The van der Waals surface area contributed by atoms with E-state index in [1.54, 1.807) is 23.5 Å². The molecule has 0 saturated heterocycles. The predicted octanol–water partition coefficient (Wildman–Crippen LogP) is 6.10. The first-order chi connectivity index (χ1) is 13.7. The molecular weight excluding hydrogens is 384 g/mol. The highest BCUT2D eigenvalue weighted by atomic mass is 32.2. The summed E-state index contributed by atoms with van der Waals surface area (Å²) in [5, 5.41) is 0. The van der Waals surface area contributed by atoms with Crippen LogP contribution in [0.4, 0.5) is 0 Å². The van der Waals surface area contributed by atoms with Gasteiger partial charge in [0.25, 0.3) is 0 Å². The van der Waals surface area contributed by atoms with Crippen molar-refractivity contribution in [2.45, 2.75) is 10.5 Å². The van der Waals surface area contributed by atoms with E-state index >= 15 is 0 Å². The van der Waals surface area contributed by atoms with Crippen molar-refractivity contribution in [3.8, 4) is 0 Å². The molecule has 2 nitrogen and oxygen atoms in total. The van der Waals surface area contributed by atoms with E-state index in [2.05, 4.69) is 60.7 Å². The van der Waals surface area contributed by atoms with Crippen LogP contribution in [-0.4, -0.2) is 13.1 Å². The van der Waals surface area contributed by atoms with Gasteiger partial charge in [-0.3, -0.25) is 0 Å². The molecule has 0 aromatic heterocycles. The molecule has 0 aliphatic carbocycles. The molecule has 0 radical (unpaired) electrons. The van der Waals surface area contributed by atoms with Crippen molar-refractivity contribution in [2.75, 3.05) is 7.11 Å². The summed E-state index contributed by atoms with van der Waals surface area (Å²) in [4.78, 5) is 14.3. The molecule has 1 heterocycles. The third-order valence-electron chi connectivity index (χ3n) is 4.64. The van der Waals surface area contributed by atoms with E-state index in [9.17, 15) is 4.79 Å². The van der Waals surface area contributed by atoms with Gasteiger partial charge in [-0.15, -0.1) is 11.8 Å². The van der Waals surface area contributed by atoms with Gasteiger partial charge in [-0.1, -0.05) is 103 Å². The molecule has 0 amide bonds. The minimum atomic E-state index is -0.322. The van der Waals surface area contributed by atoms with E-state index < -0.39 is 0 Å². The number of benzene rings is 3. The predicted molar refractivity (Wildman–Crippen MR) is 119 cm³/mol. The fourth-order valence-corrected chi connectivity index (χ4v) is 6.67. The van der Waals surface area contributed by atoms with Crippen molar-refractivity contribution in [3.63, 3.8) is 0 Å². The van der Waals surface area contributed by atoms with Crippen LogP contribution in [0.25, 0.3) is 4.91 Å². The monoisotopic (exact) mass is 404 g/mol. The molecule has 4 heteroatoms. The fourth-order valence-electron chi connectivity index (χ4n) is 3.30. The Labute approximate surface area is 174 Å². The Bertz CT molecular complexity index is 985. The van der Waals surface area contributed by atoms with E-state index in [4.69, 9.17) is 4.74 Å². The minimum Gasteiger partial charge on any atom is -0.465 e. The summed E-state index contributed by atoms with van der Waals surface area (Å²) in [5.41, 5.74) is 3.48. The van der Waals surface area contributed by atoms with E-state index in [0.717, 1.165) is 16.9 Å². The van der Waals surface area contributed by atoms with Crippen LogP contribution in [-0.2, 0) is 20.0 Å². The molecule has 0 saturated carbocycles. The van der Waals surface area contributed by atoms with Gasteiger partial charge in [-0.05, 0) is 16.7 Å². The van der Waals surface area contributed by atoms with Crippen LogP contribution in [0.15, 0.2) is 95.9 Å². The maximum atomic E-state index is 12.7. The van der Waals surface area contributed by atoms with Gasteiger partial charge in [0.2, 0.25) is 0 Å². The zero-order valence-electron chi connectivity index (χ0n) is 15.5. The van der Waals surface area contributed by atoms with Gasteiger partial charge in [0.05, 0.1) is 11.2 Å². The summed E-state index contributed by atoms with van der Waals surface area (Å²) >= 11 is 3.36. The SMILES string of the molecule is COC(=O)C1=C(c2ccccc2)SC(Cc2ccccc2)(c2ccccc2)S1. The molecule has 1 aliphatic heterocycles. The number of rotatable bonds is 5. The average molecular weight is 405 g/mol. The summed E-state index contributed by atoms with van der Waals surface area (Å²) in [6.07, 6.45) is 0.810. The third kappa shape index (κ3) is 3.75. The zero-order chi connectivity index (χ0) is 19.4. The number of thioether (sulfide) groups is 2. The topological polar surface area (TPSA) is 26.3 Å². The van der Waals surface area contributed by atoms with Gasteiger partial charge < -0.3 is 4.74 Å². The molecule has 3 aromatic rings. The Kier molecular flexibility index (Phi) is 5.60. The van der Waals surface area contributed by atoms with Crippen LogP contribution in [0.2, 0.25) is 0 Å². The molecule has 0 N–H and O–H groups in total. The standard InChI is InChI=1S/C24H20O2S2/c1-26-23(25)22-21(19-13-7-3-8-14-19)27-24(28-22,20-15-9-4-10-16-20)17-18-11-5-2-6-12-18/h2-16H,17H2,1H3. The van der Waals surface area contributed by atoms with Crippen LogP contribution in [0.1, 0.15) is 16.7 Å². The fraction of sp³-hybridized carbons (Fsp3) is 0.125. The first-order valence-corrected chi connectivity index (χ1v) is 10.7. The molecule has 0 spiro atoms. The van der Waals surface area contributed by atoms with Crippen molar-refractivity contribution in [3.05, 3.63) is 113 Å². The number of carbonyl (C=O) groups excluding carboxylic acids is 1. The van der Waals surface area contributed by atoms with Gasteiger partial charge >= 0.3 is 5.97 Å². The van der Waals surface area contributed by atoms with Crippen LogP contribution in [0, 0.1) is 0 Å². The largest absolute Gasteiger partial charge is 0.465 e. The molecule has 4 rings (SSSR count). The number of methoxy groups -OCH3 is 1. The van der Waals surface area contributed by atoms with Crippen LogP contribution >= 0.6 is 23.5 Å². The second-order valence-corrected chi connectivity index (χ2v) is 9.38. The summed E-state index contributed by atoms with van der Waals surface area (Å²) in [6.45, 7) is 0. The highest BCUT2D eigenvalue weighted by molar-refractivity contribution is 8.27. The normalized spacial score (nSPS) is 18.9. The molecule has 3 aromatic carbocycles. The summed E-state index contributed by atoms with van der Waals surface area (Å²) < 4.78 is 4.81. The van der Waals surface area contributed by atoms with Crippen molar-refractivity contribution >= 4 is 34.4 Å². The number of carbonyl (C=O) groups is 1. The van der Waals surface area contributed by atoms with Crippen LogP contribution in [0.5, 0.6) is 0 Å². The molecule has 0 fully saturated rings.